The van der Waals surface area contributed by atoms with E-state index >= 15 is 0 Å². The first-order valence-corrected chi connectivity index (χ1v) is 6.47. The molecule has 1 aliphatic rings. The van der Waals surface area contributed by atoms with E-state index in [4.69, 9.17) is 5.11 Å². The van der Waals surface area contributed by atoms with Crippen molar-refractivity contribution in [3.05, 3.63) is 35.4 Å². The van der Waals surface area contributed by atoms with Gasteiger partial charge in [0.1, 0.15) is 0 Å². The van der Waals surface area contributed by atoms with Crippen LogP contribution in [-0.2, 0) is 11.2 Å². The van der Waals surface area contributed by atoms with Crippen LogP contribution < -0.4 is 0 Å². The molecule has 0 radical (unpaired) electrons. The van der Waals surface area contributed by atoms with E-state index in [2.05, 4.69) is 6.92 Å². The standard InChI is InChI=1S/C15H18O3/c1-2-10-3-5-11(6-4-10)14(16)12-7-8-13(9-12)15(17)18/h3-6,12-13H,2,7-9H2,1H3,(H,17,18)/t12-,13+/m1/s1. The van der Waals surface area contributed by atoms with Crippen molar-refractivity contribution in [1.29, 1.82) is 0 Å². The Morgan fingerprint density at radius 3 is 2.28 bits per heavy atom. The molecule has 1 aromatic rings. The maximum Gasteiger partial charge on any atom is 0.306 e. The highest BCUT2D eigenvalue weighted by Gasteiger charge is 2.33. The SMILES string of the molecule is CCc1ccc(C(=O)[C@@H]2CC[C@H](C(=O)O)C2)cc1. The van der Waals surface area contributed by atoms with Crippen molar-refractivity contribution in [1.82, 2.24) is 0 Å². The van der Waals surface area contributed by atoms with Gasteiger partial charge in [-0.15, -0.1) is 0 Å². The molecule has 18 heavy (non-hydrogen) atoms. The Labute approximate surface area is 107 Å². The average Bonchev–Trinajstić information content (AvgIpc) is 2.88. The fourth-order valence-corrected chi connectivity index (χ4v) is 2.58. The van der Waals surface area contributed by atoms with E-state index < -0.39 is 5.97 Å². The molecule has 3 nitrogen and oxygen atoms in total. The number of ketones is 1. The number of carbonyl (C=O) groups excluding carboxylic acids is 1. The summed E-state index contributed by atoms with van der Waals surface area (Å²) in [6.45, 7) is 2.07. The lowest BCUT2D eigenvalue weighted by Crippen LogP contribution is -2.14. The third kappa shape index (κ3) is 2.61. The first-order chi connectivity index (χ1) is 8.61. The molecule has 2 atom stereocenters. The molecule has 0 unspecified atom stereocenters. The highest BCUT2D eigenvalue weighted by atomic mass is 16.4. The van der Waals surface area contributed by atoms with Crippen LogP contribution in [0.4, 0.5) is 0 Å². The van der Waals surface area contributed by atoms with Gasteiger partial charge in [0.25, 0.3) is 0 Å². The summed E-state index contributed by atoms with van der Waals surface area (Å²) in [7, 11) is 0. The molecule has 0 spiro atoms. The summed E-state index contributed by atoms with van der Waals surface area (Å²) in [5.41, 5.74) is 1.92. The maximum absolute atomic E-state index is 12.2. The van der Waals surface area contributed by atoms with Crippen LogP contribution >= 0.6 is 0 Å². The highest BCUT2D eigenvalue weighted by Crippen LogP contribution is 2.33. The van der Waals surface area contributed by atoms with Gasteiger partial charge in [0.05, 0.1) is 5.92 Å². The van der Waals surface area contributed by atoms with E-state index in [-0.39, 0.29) is 17.6 Å². The zero-order chi connectivity index (χ0) is 13.1. The summed E-state index contributed by atoms with van der Waals surface area (Å²) in [4.78, 5) is 23.1. The van der Waals surface area contributed by atoms with Crippen LogP contribution in [0.5, 0.6) is 0 Å². The van der Waals surface area contributed by atoms with Crippen LogP contribution in [0, 0.1) is 11.8 Å². The highest BCUT2D eigenvalue weighted by molar-refractivity contribution is 5.98. The Morgan fingerprint density at radius 1 is 1.17 bits per heavy atom. The van der Waals surface area contributed by atoms with Gasteiger partial charge in [-0.2, -0.15) is 0 Å². The second-order valence-electron chi connectivity index (χ2n) is 4.96. The maximum atomic E-state index is 12.2. The van der Waals surface area contributed by atoms with Gasteiger partial charge in [-0.3, -0.25) is 9.59 Å². The normalized spacial score (nSPS) is 22.9. The predicted octanol–water partition coefficient (Wildman–Crippen LogP) is 2.93. The number of carboxylic acids is 1. The van der Waals surface area contributed by atoms with Crippen LogP contribution in [0.25, 0.3) is 0 Å². The van der Waals surface area contributed by atoms with Gasteiger partial charge in [0.15, 0.2) is 5.78 Å². The molecular weight excluding hydrogens is 228 g/mol. The lowest BCUT2D eigenvalue weighted by molar-refractivity contribution is -0.141. The van der Waals surface area contributed by atoms with Gasteiger partial charge in [-0.05, 0) is 31.2 Å². The molecule has 1 aliphatic carbocycles. The second kappa shape index (κ2) is 5.34. The summed E-state index contributed by atoms with van der Waals surface area (Å²) in [5.74, 6) is -1.12. The van der Waals surface area contributed by atoms with Crippen molar-refractivity contribution in [2.45, 2.75) is 32.6 Å². The number of carboxylic acid groups (broad SMARTS) is 1. The van der Waals surface area contributed by atoms with Gasteiger partial charge in [0.2, 0.25) is 0 Å². The molecule has 0 aromatic heterocycles. The van der Waals surface area contributed by atoms with Crippen LogP contribution in [0.2, 0.25) is 0 Å². The van der Waals surface area contributed by atoms with Crippen LogP contribution in [-0.4, -0.2) is 16.9 Å². The number of aliphatic carboxylic acids is 1. The Balaban J connectivity index is 2.05. The van der Waals surface area contributed by atoms with Crippen molar-refractivity contribution in [3.63, 3.8) is 0 Å². The molecule has 1 fully saturated rings. The van der Waals surface area contributed by atoms with Crippen LogP contribution in [0.1, 0.15) is 42.1 Å². The number of hydrogen-bond donors (Lipinski definition) is 1. The number of Topliss-reactive ketones (excluding diaryl/α,β-unsaturated/α-hetero) is 1. The van der Waals surface area contributed by atoms with Gasteiger partial charge in [-0.25, -0.2) is 0 Å². The van der Waals surface area contributed by atoms with Crippen LogP contribution in [0.15, 0.2) is 24.3 Å². The molecule has 3 heteroatoms. The summed E-state index contributed by atoms with van der Waals surface area (Å²) >= 11 is 0. The van der Waals surface area contributed by atoms with E-state index in [1.165, 1.54) is 5.56 Å². The van der Waals surface area contributed by atoms with Gasteiger partial charge in [-0.1, -0.05) is 31.2 Å². The molecular formula is C15H18O3. The zero-order valence-electron chi connectivity index (χ0n) is 10.6. The topological polar surface area (TPSA) is 54.4 Å². The summed E-state index contributed by atoms with van der Waals surface area (Å²) in [5, 5.41) is 8.94. The Morgan fingerprint density at radius 2 is 1.78 bits per heavy atom. The van der Waals surface area contributed by atoms with E-state index in [0.29, 0.717) is 24.8 Å². The summed E-state index contributed by atoms with van der Waals surface area (Å²) in [6.07, 6.45) is 2.77. The molecule has 0 saturated heterocycles. The largest absolute Gasteiger partial charge is 0.481 e. The fourth-order valence-electron chi connectivity index (χ4n) is 2.58. The number of benzene rings is 1. The first kappa shape index (κ1) is 12.8. The van der Waals surface area contributed by atoms with Gasteiger partial charge < -0.3 is 5.11 Å². The van der Waals surface area contributed by atoms with E-state index in [0.717, 1.165) is 6.42 Å². The summed E-state index contributed by atoms with van der Waals surface area (Å²) < 4.78 is 0. The molecule has 0 amide bonds. The molecule has 1 aromatic carbocycles. The van der Waals surface area contributed by atoms with Crippen molar-refractivity contribution < 1.29 is 14.7 Å². The Hall–Kier alpha value is -1.64. The number of hydrogen-bond acceptors (Lipinski definition) is 2. The molecule has 2 rings (SSSR count). The Kier molecular flexibility index (Phi) is 3.80. The lowest BCUT2D eigenvalue weighted by Gasteiger charge is -2.09. The van der Waals surface area contributed by atoms with E-state index in [1.54, 1.807) is 0 Å². The molecule has 1 saturated carbocycles. The van der Waals surface area contributed by atoms with Crippen molar-refractivity contribution in [2.24, 2.45) is 11.8 Å². The van der Waals surface area contributed by atoms with E-state index in [1.807, 2.05) is 24.3 Å². The minimum atomic E-state index is -0.772. The minimum absolute atomic E-state index is 0.0985. The monoisotopic (exact) mass is 246 g/mol. The third-order valence-corrected chi connectivity index (χ3v) is 3.80. The molecule has 0 heterocycles. The molecule has 96 valence electrons. The van der Waals surface area contributed by atoms with Gasteiger partial charge in [0, 0.05) is 11.5 Å². The van der Waals surface area contributed by atoms with Crippen LogP contribution in [0.3, 0.4) is 0 Å². The molecule has 0 aliphatic heterocycles. The molecule has 0 bridgehead atoms. The number of carbonyl (C=O) groups is 2. The Bertz CT molecular complexity index is 447. The third-order valence-electron chi connectivity index (χ3n) is 3.80. The zero-order valence-corrected chi connectivity index (χ0v) is 10.6. The fraction of sp³-hybridized carbons (Fsp3) is 0.467. The molecule has 1 N–H and O–H groups in total. The van der Waals surface area contributed by atoms with E-state index in [9.17, 15) is 9.59 Å². The second-order valence-corrected chi connectivity index (χ2v) is 4.96. The summed E-state index contributed by atoms with van der Waals surface area (Å²) in [6, 6.07) is 7.65. The quantitative estimate of drug-likeness (QED) is 0.831. The minimum Gasteiger partial charge on any atom is -0.481 e. The van der Waals surface area contributed by atoms with Crippen molar-refractivity contribution >= 4 is 11.8 Å². The predicted molar refractivity (Wildman–Crippen MR) is 68.6 cm³/mol. The van der Waals surface area contributed by atoms with Crippen molar-refractivity contribution in [3.8, 4) is 0 Å². The van der Waals surface area contributed by atoms with Crippen molar-refractivity contribution in [2.75, 3.05) is 0 Å². The lowest BCUT2D eigenvalue weighted by atomic mass is 9.94. The van der Waals surface area contributed by atoms with Gasteiger partial charge >= 0.3 is 5.97 Å². The number of rotatable bonds is 4. The smallest absolute Gasteiger partial charge is 0.306 e. The number of aryl methyl sites for hydroxylation is 1. The first-order valence-electron chi connectivity index (χ1n) is 6.47. The average molecular weight is 246 g/mol.